The maximum atomic E-state index is 14.5. The predicted molar refractivity (Wildman–Crippen MR) is 168 cm³/mol. The van der Waals surface area contributed by atoms with Crippen LogP contribution < -0.4 is 9.64 Å². The lowest BCUT2D eigenvalue weighted by Gasteiger charge is -2.37. The molecule has 9 nitrogen and oxygen atoms in total. The highest BCUT2D eigenvalue weighted by Gasteiger charge is 2.74. The molecule has 0 radical (unpaired) electrons. The highest BCUT2D eigenvalue weighted by Crippen LogP contribution is 2.59. The molecule has 44 heavy (non-hydrogen) atoms. The number of ether oxygens (including phenoxy) is 2. The first-order valence-corrected chi connectivity index (χ1v) is 15.6. The van der Waals surface area contributed by atoms with Crippen molar-refractivity contribution in [3.05, 3.63) is 85.5 Å². The summed E-state index contributed by atoms with van der Waals surface area (Å²) >= 11 is 0. The Bertz CT molecular complexity index is 1350. The fraction of sp³-hybridized carbons (Fsp3) is 0.457. The van der Waals surface area contributed by atoms with Gasteiger partial charge in [0.25, 0.3) is 0 Å². The van der Waals surface area contributed by atoms with Crippen LogP contribution in [0, 0.1) is 11.8 Å². The topological polar surface area (TPSA) is 99.6 Å². The molecule has 3 aliphatic rings. The van der Waals surface area contributed by atoms with Crippen LogP contribution in [-0.2, 0) is 25.7 Å². The molecule has 2 bridgehead atoms. The number of nitrogens with zero attached hydrogens (tertiary/aromatic N) is 3. The maximum absolute atomic E-state index is 14.5. The molecule has 3 saturated heterocycles. The van der Waals surface area contributed by atoms with Gasteiger partial charge < -0.3 is 29.3 Å². The fourth-order valence-corrected chi connectivity index (χ4v) is 7.23. The van der Waals surface area contributed by atoms with Gasteiger partial charge in [-0.1, -0.05) is 42.5 Å². The third-order valence-corrected chi connectivity index (χ3v) is 9.04. The van der Waals surface area contributed by atoms with Crippen molar-refractivity contribution in [1.29, 1.82) is 0 Å². The van der Waals surface area contributed by atoms with Gasteiger partial charge in [-0.15, -0.1) is 13.2 Å². The van der Waals surface area contributed by atoms with E-state index in [-0.39, 0.29) is 30.9 Å². The Morgan fingerprint density at radius 1 is 1.07 bits per heavy atom. The molecular weight excluding hydrogens is 558 g/mol. The van der Waals surface area contributed by atoms with Crippen LogP contribution in [0.3, 0.4) is 0 Å². The quantitative estimate of drug-likeness (QED) is 0.245. The van der Waals surface area contributed by atoms with Gasteiger partial charge in [-0.3, -0.25) is 14.4 Å². The molecule has 1 N–H and O–H groups in total. The van der Waals surface area contributed by atoms with Crippen molar-refractivity contribution in [3.63, 3.8) is 0 Å². The third kappa shape index (κ3) is 5.78. The summed E-state index contributed by atoms with van der Waals surface area (Å²) in [6.07, 6.45) is 5.02. The maximum Gasteiger partial charge on any atom is 0.248 e. The lowest BCUT2D eigenvalue weighted by atomic mass is 9.70. The molecule has 5 rings (SSSR count). The van der Waals surface area contributed by atoms with Crippen molar-refractivity contribution in [2.24, 2.45) is 11.8 Å². The standard InChI is InChI=1S/C35H43N3O6/c1-4-20-36(24-25-12-8-7-9-13-25)34(42)31-35-19-18-28(44-35)29(30(35)33(41)38(31)22-10-11-23-39)32(40)37(21-5-2)26-14-16-27(17-15-26)43-6-3/h4-5,7-9,12-17,28-31,39H,1-2,6,10-11,18-24H2,3H3/t28-,29+,30+,31?,35?/m1/s1. The zero-order valence-corrected chi connectivity index (χ0v) is 25.5. The first-order valence-electron chi connectivity index (χ1n) is 15.6. The minimum Gasteiger partial charge on any atom is -0.494 e. The summed E-state index contributed by atoms with van der Waals surface area (Å²) < 4.78 is 12.3. The molecule has 9 heteroatoms. The fourth-order valence-electron chi connectivity index (χ4n) is 7.23. The first kappa shape index (κ1) is 31.5. The number of amides is 3. The van der Waals surface area contributed by atoms with Gasteiger partial charge >= 0.3 is 0 Å². The van der Waals surface area contributed by atoms with Crippen LogP contribution in [-0.4, -0.2) is 83.2 Å². The smallest absolute Gasteiger partial charge is 0.248 e. The average molecular weight is 602 g/mol. The summed E-state index contributed by atoms with van der Waals surface area (Å²) in [7, 11) is 0. The van der Waals surface area contributed by atoms with Crippen LogP contribution in [0.5, 0.6) is 5.75 Å². The minimum absolute atomic E-state index is 0.00983. The highest BCUT2D eigenvalue weighted by atomic mass is 16.5. The molecule has 1 spiro atoms. The number of hydrogen-bond donors (Lipinski definition) is 1. The van der Waals surface area contributed by atoms with Gasteiger partial charge in [0.1, 0.15) is 17.4 Å². The van der Waals surface area contributed by atoms with Gasteiger partial charge in [0.15, 0.2) is 0 Å². The van der Waals surface area contributed by atoms with E-state index < -0.39 is 29.6 Å². The van der Waals surface area contributed by atoms with Crippen molar-refractivity contribution in [3.8, 4) is 5.75 Å². The number of unbranched alkanes of at least 4 members (excludes halogenated alkanes) is 1. The molecule has 0 saturated carbocycles. The summed E-state index contributed by atoms with van der Waals surface area (Å²) in [5.41, 5.74) is 0.536. The minimum atomic E-state index is -1.10. The molecule has 5 atom stereocenters. The summed E-state index contributed by atoms with van der Waals surface area (Å²) in [4.78, 5) is 48.2. The molecule has 234 valence electrons. The Labute approximate surface area is 259 Å². The van der Waals surface area contributed by atoms with E-state index >= 15 is 0 Å². The van der Waals surface area contributed by atoms with Crippen molar-refractivity contribution in [2.75, 3.05) is 37.7 Å². The van der Waals surface area contributed by atoms with Gasteiger partial charge in [-0.25, -0.2) is 0 Å². The van der Waals surface area contributed by atoms with Crippen LogP contribution in [0.1, 0.15) is 38.2 Å². The van der Waals surface area contributed by atoms with E-state index in [2.05, 4.69) is 13.2 Å². The monoisotopic (exact) mass is 601 g/mol. The van der Waals surface area contributed by atoms with Crippen LogP contribution in [0.4, 0.5) is 5.69 Å². The van der Waals surface area contributed by atoms with Crippen LogP contribution in [0.15, 0.2) is 79.9 Å². The van der Waals surface area contributed by atoms with Crippen molar-refractivity contribution in [2.45, 2.75) is 56.9 Å². The van der Waals surface area contributed by atoms with Gasteiger partial charge in [0.2, 0.25) is 17.7 Å². The molecule has 3 fully saturated rings. The Morgan fingerprint density at radius 2 is 1.80 bits per heavy atom. The third-order valence-electron chi connectivity index (χ3n) is 9.04. The Hall–Kier alpha value is -3.95. The van der Waals surface area contributed by atoms with Crippen molar-refractivity contribution >= 4 is 23.4 Å². The van der Waals surface area contributed by atoms with Gasteiger partial charge in [-0.2, -0.15) is 0 Å². The van der Waals surface area contributed by atoms with Crippen molar-refractivity contribution < 1.29 is 29.0 Å². The molecule has 2 aromatic carbocycles. The lowest BCUT2D eigenvalue weighted by Crippen LogP contribution is -2.56. The first-order chi connectivity index (χ1) is 21.4. The number of anilines is 1. The van der Waals surface area contributed by atoms with E-state index in [0.29, 0.717) is 63.4 Å². The van der Waals surface area contributed by atoms with E-state index in [0.717, 1.165) is 5.56 Å². The van der Waals surface area contributed by atoms with Crippen LogP contribution in [0.2, 0.25) is 0 Å². The number of aliphatic hydroxyl groups is 1. The number of rotatable bonds is 15. The Morgan fingerprint density at radius 3 is 2.45 bits per heavy atom. The van der Waals surface area contributed by atoms with Gasteiger partial charge in [0.05, 0.1) is 24.5 Å². The average Bonchev–Trinajstić information content (AvgIpc) is 3.68. The van der Waals surface area contributed by atoms with Crippen molar-refractivity contribution in [1.82, 2.24) is 9.80 Å². The zero-order chi connectivity index (χ0) is 31.3. The molecule has 2 unspecified atom stereocenters. The highest BCUT2D eigenvalue weighted by molar-refractivity contribution is 6.03. The number of fused-ring (bicyclic) bond motifs is 1. The number of carbonyl (C=O) groups excluding carboxylic acids is 3. The normalized spacial score (nSPS) is 25.0. The number of benzene rings is 2. The second-order valence-electron chi connectivity index (χ2n) is 11.7. The molecule has 3 amide bonds. The van der Waals surface area contributed by atoms with Crippen LogP contribution in [0.25, 0.3) is 0 Å². The second-order valence-corrected chi connectivity index (χ2v) is 11.7. The Balaban J connectivity index is 1.49. The summed E-state index contributed by atoms with van der Waals surface area (Å²) in [6, 6.07) is 16.1. The summed E-state index contributed by atoms with van der Waals surface area (Å²) in [6.45, 7) is 11.4. The Kier molecular flexibility index (Phi) is 9.86. The number of carbonyl (C=O) groups is 3. The van der Waals surface area contributed by atoms with E-state index in [1.807, 2.05) is 61.5 Å². The largest absolute Gasteiger partial charge is 0.494 e. The zero-order valence-electron chi connectivity index (χ0n) is 25.5. The number of hydrogen-bond acceptors (Lipinski definition) is 6. The SMILES string of the molecule is C=CCN(Cc1ccccc1)C(=O)C1N(CCCCO)C(=O)[C@@H]2[C@@H](C(=O)N(CC=C)c3ccc(OCC)cc3)[C@H]3CCC12O3. The summed E-state index contributed by atoms with van der Waals surface area (Å²) in [5, 5.41) is 9.47. The number of likely N-dealkylation sites (tertiary alicyclic amines) is 1. The summed E-state index contributed by atoms with van der Waals surface area (Å²) in [5.74, 6) is -1.47. The van der Waals surface area contributed by atoms with E-state index in [9.17, 15) is 19.5 Å². The van der Waals surface area contributed by atoms with E-state index in [1.165, 1.54) is 0 Å². The lowest BCUT2D eigenvalue weighted by molar-refractivity contribution is -0.148. The second kappa shape index (κ2) is 13.8. The molecule has 3 aliphatic heterocycles. The predicted octanol–water partition coefficient (Wildman–Crippen LogP) is 3.97. The number of aliphatic hydroxyl groups excluding tert-OH is 1. The molecule has 0 aromatic heterocycles. The van der Waals surface area contributed by atoms with Gasteiger partial charge in [-0.05, 0) is 62.4 Å². The molecular formula is C35H43N3O6. The van der Waals surface area contributed by atoms with Gasteiger partial charge in [0, 0.05) is 38.5 Å². The van der Waals surface area contributed by atoms with E-state index in [4.69, 9.17) is 9.47 Å². The molecule has 2 aromatic rings. The molecule has 0 aliphatic carbocycles. The molecule has 3 heterocycles. The van der Waals surface area contributed by atoms with Crippen LogP contribution >= 0.6 is 0 Å². The van der Waals surface area contributed by atoms with E-state index in [1.54, 1.807) is 26.9 Å².